The molecule has 0 saturated heterocycles. The summed E-state index contributed by atoms with van der Waals surface area (Å²) in [5.41, 5.74) is -0.185. The summed E-state index contributed by atoms with van der Waals surface area (Å²) in [5, 5.41) is 5.06. The van der Waals surface area contributed by atoms with Gasteiger partial charge in [-0.1, -0.05) is 18.2 Å². The van der Waals surface area contributed by atoms with E-state index in [1.807, 2.05) is 30.3 Å². The Hall–Kier alpha value is -3.81. The number of alkyl halides is 3. The Morgan fingerprint density at radius 3 is 1.68 bits per heavy atom. The van der Waals surface area contributed by atoms with Crippen molar-refractivity contribution < 1.29 is 27.5 Å². The molecule has 0 fully saturated rings. The third-order valence-electron chi connectivity index (χ3n) is 4.37. The molecule has 2 N–H and O–H groups in total. The molecule has 0 radical (unpaired) electrons. The first-order valence-electron chi connectivity index (χ1n) is 9.34. The summed E-state index contributed by atoms with van der Waals surface area (Å²) in [7, 11) is 0. The van der Waals surface area contributed by atoms with Gasteiger partial charge in [0.2, 0.25) is 11.8 Å². The topological polar surface area (TPSA) is 67.4 Å². The van der Waals surface area contributed by atoms with Crippen molar-refractivity contribution in [3.63, 3.8) is 0 Å². The van der Waals surface area contributed by atoms with Gasteiger partial charge >= 0.3 is 6.18 Å². The van der Waals surface area contributed by atoms with Crippen molar-refractivity contribution in [2.45, 2.75) is 13.1 Å². The van der Waals surface area contributed by atoms with Crippen molar-refractivity contribution in [2.75, 3.05) is 10.6 Å². The minimum absolute atomic E-state index is 0.167. The molecule has 0 aliphatic carbocycles. The first kappa shape index (κ1) is 21.9. The number of para-hydroxylation sites is 1. The fraction of sp³-hybridized carbons (Fsp3) is 0.130. The Morgan fingerprint density at radius 1 is 0.742 bits per heavy atom. The Morgan fingerprint density at radius 2 is 1.19 bits per heavy atom. The molecule has 3 aromatic rings. The first-order chi connectivity index (χ1) is 14.7. The molecule has 3 rings (SSSR count). The molecule has 0 spiro atoms. The Bertz CT molecular complexity index is 1030. The molecule has 0 saturated carbocycles. The fourth-order valence-corrected chi connectivity index (χ4v) is 2.59. The van der Waals surface area contributed by atoms with Crippen LogP contribution in [-0.4, -0.2) is 11.8 Å². The molecule has 160 valence electrons. The summed E-state index contributed by atoms with van der Waals surface area (Å²) in [4.78, 5) is 24.6. The summed E-state index contributed by atoms with van der Waals surface area (Å²) < 4.78 is 43.5. The second-order valence-corrected chi connectivity index (χ2v) is 6.71. The lowest BCUT2D eigenvalue weighted by molar-refractivity contribution is -0.137. The average molecular weight is 428 g/mol. The maximum absolute atomic E-state index is 12.6. The van der Waals surface area contributed by atoms with E-state index in [0.29, 0.717) is 17.2 Å². The van der Waals surface area contributed by atoms with Crippen LogP contribution < -0.4 is 15.4 Å². The van der Waals surface area contributed by atoms with E-state index < -0.39 is 29.5 Å². The third kappa shape index (κ3) is 6.08. The smallest absolute Gasteiger partial charge is 0.416 e. The second-order valence-electron chi connectivity index (χ2n) is 6.71. The summed E-state index contributed by atoms with van der Waals surface area (Å²) in [5.74, 6) is -1.00. The number of hydrogen-bond donors (Lipinski definition) is 2. The number of nitrogens with one attached hydrogen (secondary N) is 2. The van der Waals surface area contributed by atoms with E-state index in [1.165, 1.54) is 6.92 Å². The number of amides is 2. The van der Waals surface area contributed by atoms with Gasteiger partial charge in [-0.05, 0) is 67.6 Å². The van der Waals surface area contributed by atoms with Gasteiger partial charge in [0.15, 0.2) is 0 Å². The minimum atomic E-state index is -4.46. The largest absolute Gasteiger partial charge is 0.457 e. The van der Waals surface area contributed by atoms with Crippen LogP contribution in [0.15, 0.2) is 78.9 Å². The van der Waals surface area contributed by atoms with Gasteiger partial charge in [-0.25, -0.2) is 0 Å². The lowest BCUT2D eigenvalue weighted by Crippen LogP contribution is -2.31. The second kappa shape index (κ2) is 9.34. The molecular weight excluding hydrogens is 409 g/mol. The molecule has 0 bridgehead atoms. The molecule has 31 heavy (non-hydrogen) atoms. The van der Waals surface area contributed by atoms with E-state index in [0.717, 1.165) is 24.3 Å². The number of anilines is 2. The molecule has 1 unspecified atom stereocenters. The van der Waals surface area contributed by atoms with Crippen molar-refractivity contribution in [1.82, 2.24) is 0 Å². The summed E-state index contributed by atoms with van der Waals surface area (Å²) in [6, 6.07) is 19.8. The van der Waals surface area contributed by atoms with E-state index >= 15 is 0 Å². The SMILES string of the molecule is CC(C(=O)Nc1ccc(Oc2ccccc2)cc1)C(=O)Nc1ccc(C(F)(F)F)cc1. The molecule has 0 aliphatic rings. The van der Waals surface area contributed by atoms with Crippen LogP contribution in [0.25, 0.3) is 0 Å². The van der Waals surface area contributed by atoms with Gasteiger partial charge in [0.25, 0.3) is 0 Å². The van der Waals surface area contributed by atoms with Crippen LogP contribution in [-0.2, 0) is 15.8 Å². The number of carbonyl (C=O) groups is 2. The van der Waals surface area contributed by atoms with Gasteiger partial charge in [0, 0.05) is 11.4 Å². The zero-order valence-electron chi connectivity index (χ0n) is 16.4. The van der Waals surface area contributed by atoms with Crippen LogP contribution in [0.2, 0.25) is 0 Å². The fourth-order valence-electron chi connectivity index (χ4n) is 2.59. The number of benzene rings is 3. The predicted octanol–water partition coefficient (Wildman–Crippen LogP) is 5.71. The van der Waals surface area contributed by atoms with Crippen LogP contribution in [0.1, 0.15) is 12.5 Å². The van der Waals surface area contributed by atoms with E-state index in [9.17, 15) is 22.8 Å². The molecular formula is C23H19F3N2O3. The highest BCUT2D eigenvalue weighted by molar-refractivity contribution is 6.10. The van der Waals surface area contributed by atoms with Crippen LogP contribution in [0.5, 0.6) is 11.5 Å². The Labute approximate surface area is 176 Å². The maximum atomic E-state index is 12.6. The highest BCUT2D eigenvalue weighted by Crippen LogP contribution is 2.30. The Balaban J connectivity index is 1.55. The molecule has 1 atom stereocenters. The van der Waals surface area contributed by atoms with Crippen molar-refractivity contribution in [3.05, 3.63) is 84.4 Å². The van der Waals surface area contributed by atoms with E-state index in [2.05, 4.69) is 10.6 Å². The quantitative estimate of drug-likeness (QED) is 0.494. The van der Waals surface area contributed by atoms with E-state index in [1.54, 1.807) is 24.3 Å². The Kier molecular flexibility index (Phi) is 6.59. The van der Waals surface area contributed by atoms with Crippen LogP contribution in [0.3, 0.4) is 0 Å². The number of rotatable bonds is 6. The molecule has 0 heterocycles. The molecule has 0 aliphatic heterocycles. The lowest BCUT2D eigenvalue weighted by Gasteiger charge is -2.14. The van der Waals surface area contributed by atoms with Crippen LogP contribution >= 0.6 is 0 Å². The van der Waals surface area contributed by atoms with Gasteiger partial charge in [0.05, 0.1) is 5.56 Å². The van der Waals surface area contributed by atoms with Gasteiger partial charge < -0.3 is 15.4 Å². The van der Waals surface area contributed by atoms with E-state index in [-0.39, 0.29) is 5.69 Å². The molecule has 8 heteroatoms. The normalized spacial score (nSPS) is 12.0. The first-order valence-corrected chi connectivity index (χ1v) is 9.34. The van der Waals surface area contributed by atoms with Crippen LogP contribution in [0, 0.1) is 5.92 Å². The van der Waals surface area contributed by atoms with Gasteiger partial charge in [0.1, 0.15) is 17.4 Å². The highest BCUT2D eigenvalue weighted by Gasteiger charge is 2.30. The molecule has 5 nitrogen and oxygen atoms in total. The van der Waals surface area contributed by atoms with Crippen molar-refractivity contribution in [2.24, 2.45) is 5.92 Å². The number of halogens is 3. The zero-order valence-corrected chi connectivity index (χ0v) is 16.4. The van der Waals surface area contributed by atoms with Crippen molar-refractivity contribution in [1.29, 1.82) is 0 Å². The lowest BCUT2D eigenvalue weighted by atomic mass is 10.1. The van der Waals surface area contributed by atoms with Crippen molar-refractivity contribution >= 4 is 23.2 Å². The van der Waals surface area contributed by atoms with Gasteiger partial charge in [-0.15, -0.1) is 0 Å². The van der Waals surface area contributed by atoms with E-state index in [4.69, 9.17) is 4.74 Å². The standard InChI is InChI=1S/C23H19F3N2O3/c1-15(21(29)27-17-9-7-16(8-10-17)23(24,25)26)22(30)28-18-11-13-20(14-12-18)31-19-5-3-2-4-6-19/h2-15H,1H3,(H,27,29)(H,28,30). The summed E-state index contributed by atoms with van der Waals surface area (Å²) >= 11 is 0. The summed E-state index contributed by atoms with van der Waals surface area (Å²) in [6.45, 7) is 1.40. The predicted molar refractivity (Wildman–Crippen MR) is 111 cm³/mol. The average Bonchev–Trinajstić information content (AvgIpc) is 2.75. The third-order valence-corrected chi connectivity index (χ3v) is 4.37. The monoisotopic (exact) mass is 428 g/mol. The molecule has 0 aromatic heterocycles. The number of hydrogen-bond acceptors (Lipinski definition) is 3. The maximum Gasteiger partial charge on any atom is 0.416 e. The van der Waals surface area contributed by atoms with Crippen molar-refractivity contribution in [3.8, 4) is 11.5 Å². The van der Waals surface area contributed by atoms with Gasteiger partial charge in [-0.2, -0.15) is 13.2 Å². The van der Waals surface area contributed by atoms with Crippen LogP contribution in [0.4, 0.5) is 24.5 Å². The van der Waals surface area contributed by atoms with Gasteiger partial charge in [-0.3, -0.25) is 9.59 Å². The number of ether oxygens (including phenoxy) is 1. The molecule has 2 amide bonds. The highest BCUT2D eigenvalue weighted by atomic mass is 19.4. The number of carbonyl (C=O) groups excluding carboxylic acids is 2. The summed E-state index contributed by atoms with van der Waals surface area (Å²) in [6.07, 6.45) is -4.46. The minimum Gasteiger partial charge on any atom is -0.457 e. The molecule has 3 aromatic carbocycles. The zero-order chi connectivity index (χ0) is 22.4.